The molecular formula is C8H16O2S. The van der Waals surface area contributed by atoms with Gasteiger partial charge in [0.05, 0.1) is 5.25 Å². The molecule has 3 heteroatoms. The molecule has 0 bridgehead atoms. The summed E-state index contributed by atoms with van der Waals surface area (Å²) < 4.78 is 0. The summed E-state index contributed by atoms with van der Waals surface area (Å²) in [5.74, 6) is -0.801. The number of thiol groups is 1. The van der Waals surface area contributed by atoms with Crippen molar-refractivity contribution in [3.8, 4) is 0 Å². The smallest absolute Gasteiger partial charge is 0.316 e. The van der Waals surface area contributed by atoms with Crippen LogP contribution in [0.3, 0.4) is 0 Å². The molecule has 2 nitrogen and oxygen atoms in total. The standard InChI is InChI=1S/C8H16O2S/c1-2-3-4-5-6-7(11)8(9)10/h7,11H,2-6H2,1H3,(H,9,10)/t7-/m0/s1. The van der Waals surface area contributed by atoms with E-state index in [4.69, 9.17) is 5.11 Å². The molecular weight excluding hydrogens is 160 g/mol. The molecule has 66 valence electrons. The molecule has 0 aromatic heterocycles. The van der Waals surface area contributed by atoms with Gasteiger partial charge in [0.15, 0.2) is 0 Å². The summed E-state index contributed by atoms with van der Waals surface area (Å²) in [6.45, 7) is 2.13. The van der Waals surface area contributed by atoms with E-state index in [1.807, 2.05) is 0 Å². The van der Waals surface area contributed by atoms with E-state index in [0.717, 1.165) is 12.8 Å². The Hall–Kier alpha value is -0.180. The predicted molar refractivity (Wildman–Crippen MR) is 49.2 cm³/mol. The van der Waals surface area contributed by atoms with E-state index >= 15 is 0 Å². The van der Waals surface area contributed by atoms with Gasteiger partial charge < -0.3 is 5.11 Å². The number of carboxylic acids is 1. The minimum atomic E-state index is -0.801. The zero-order valence-electron chi connectivity index (χ0n) is 6.92. The fourth-order valence-corrected chi connectivity index (χ4v) is 1.07. The summed E-state index contributed by atoms with van der Waals surface area (Å²) in [7, 11) is 0. The molecule has 11 heavy (non-hydrogen) atoms. The van der Waals surface area contributed by atoms with Gasteiger partial charge in [-0.3, -0.25) is 4.79 Å². The molecule has 1 N–H and O–H groups in total. The van der Waals surface area contributed by atoms with Crippen molar-refractivity contribution in [1.82, 2.24) is 0 Å². The lowest BCUT2D eigenvalue weighted by molar-refractivity contribution is -0.136. The van der Waals surface area contributed by atoms with Gasteiger partial charge in [-0.25, -0.2) is 0 Å². The molecule has 0 aliphatic carbocycles. The lowest BCUT2D eigenvalue weighted by Crippen LogP contribution is -2.12. The number of unbranched alkanes of at least 4 members (excludes halogenated alkanes) is 3. The number of carboxylic acid groups (broad SMARTS) is 1. The predicted octanol–water partition coefficient (Wildman–Crippen LogP) is 2.34. The monoisotopic (exact) mass is 176 g/mol. The number of hydrogen-bond donors (Lipinski definition) is 2. The molecule has 0 spiro atoms. The normalized spacial score (nSPS) is 12.9. The molecule has 0 fully saturated rings. The van der Waals surface area contributed by atoms with Crippen LogP contribution in [0.15, 0.2) is 0 Å². The molecule has 0 radical (unpaired) electrons. The molecule has 0 aromatic carbocycles. The van der Waals surface area contributed by atoms with Crippen LogP contribution in [-0.4, -0.2) is 16.3 Å². The van der Waals surface area contributed by atoms with Crippen molar-refractivity contribution in [2.24, 2.45) is 0 Å². The molecule has 1 atom stereocenters. The van der Waals surface area contributed by atoms with E-state index in [-0.39, 0.29) is 0 Å². The second-order valence-electron chi connectivity index (χ2n) is 2.70. The molecule has 0 unspecified atom stereocenters. The van der Waals surface area contributed by atoms with Crippen LogP contribution in [0, 0.1) is 0 Å². The highest BCUT2D eigenvalue weighted by atomic mass is 32.1. The third-order valence-electron chi connectivity index (χ3n) is 1.62. The van der Waals surface area contributed by atoms with E-state index in [2.05, 4.69) is 19.6 Å². The van der Waals surface area contributed by atoms with Crippen LogP contribution >= 0.6 is 12.6 Å². The first-order valence-corrected chi connectivity index (χ1v) is 4.61. The summed E-state index contributed by atoms with van der Waals surface area (Å²) >= 11 is 3.93. The Bertz CT molecular complexity index is 115. The van der Waals surface area contributed by atoms with Crippen LogP contribution < -0.4 is 0 Å². The Morgan fingerprint density at radius 1 is 1.45 bits per heavy atom. The summed E-state index contributed by atoms with van der Waals surface area (Å²) in [6.07, 6.45) is 5.18. The molecule has 0 aliphatic rings. The van der Waals surface area contributed by atoms with Crippen molar-refractivity contribution < 1.29 is 9.90 Å². The fourth-order valence-electron chi connectivity index (χ4n) is 0.888. The first-order valence-electron chi connectivity index (χ1n) is 4.09. The SMILES string of the molecule is CCCCCC[C@H](S)C(=O)O. The molecule has 0 heterocycles. The lowest BCUT2D eigenvalue weighted by atomic mass is 10.1. The van der Waals surface area contributed by atoms with Crippen molar-refractivity contribution in [3.05, 3.63) is 0 Å². The topological polar surface area (TPSA) is 37.3 Å². The minimum Gasteiger partial charge on any atom is -0.480 e. The second-order valence-corrected chi connectivity index (χ2v) is 3.33. The number of carbonyl (C=O) groups is 1. The van der Waals surface area contributed by atoms with Gasteiger partial charge in [0.1, 0.15) is 0 Å². The highest BCUT2D eigenvalue weighted by Crippen LogP contribution is 2.09. The maximum absolute atomic E-state index is 10.3. The Balaban J connectivity index is 3.17. The van der Waals surface area contributed by atoms with Crippen LogP contribution in [0.1, 0.15) is 39.0 Å². The van der Waals surface area contributed by atoms with Gasteiger partial charge in [0.25, 0.3) is 0 Å². The Kier molecular flexibility index (Phi) is 6.42. The first-order chi connectivity index (χ1) is 5.18. The third-order valence-corrected chi connectivity index (χ3v) is 2.10. The van der Waals surface area contributed by atoms with E-state index in [1.54, 1.807) is 0 Å². The highest BCUT2D eigenvalue weighted by molar-refractivity contribution is 7.81. The quantitative estimate of drug-likeness (QED) is 0.481. The van der Waals surface area contributed by atoms with Crippen LogP contribution in [0.25, 0.3) is 0 Å². The lowest BCUT2D eigenvalue weighted by Gasteiger charge is -2.03. The van der Waals surface area contributed by atoms with Crippen molar-refractivity contribution in [2.75, 3.05) is 0 Å². The van der Waals surface area contributed by atoms with Crippen molar-refractivity contribution in [2.45, 2.75) is 44.3 Å². The van der Waals surface area contributed by atoms with Crippen LogP contribution in [0.2, 0.25) is 0 Å². The van der Waals surface area contributed by atoms with E-state index in [9.17, 15) is 4.79 Å². The van der Waals surface area contributed by atoms with Gasteiger partial charge in [-0.05, 0) is 6.42 Å². The van der Waals surface area contributed by atoms with Crippen LogP contribution in [-0.2, 0) is 4.79 Å². The van der Waals surface area contributed by atoms with Crippen molar-refractivity contribution in [1.29, 1.82) is 0 Å². The second kappa shape index (κ2) is 6.53. The maximum atomic E-state index is 10.3. The minimum absolute atomic E-state index is 0.466. The molecule has 0 aliphatic heterocycles. The van der Waals surface area contributed by atoms with Crippen LogP contribution in [0.5, 0.6) is 0 Å². The number of aliphatic carboxylic acids is 1. The van der Waals surface area contributed by atoms with Gasteiger partial charge in [0.2, 0.25) is 0 Å². The summed E-state index contributed by atoms with van der Waals surface area (Å²) in [4.78, 5) is 10.3. The van der Waals surface area contributed by atoms with E-state index in [0.29, 0.717) is 6.42 Å². The summed E-state index contributed by atoms with van der Waals surface area (Å²) in [5.41, 5.74) is 0. The zero-order chi connectivity index (χ0) is 8.69. The maximum Gasteiger partial charge on any atom is 0.316 e. The molecule has 0 amide bonds. The third kappa shape index (κ3) is 6.23. The molecule has 0 saturated carbocycles. The van der Waals surface area contributed by atoms with Crippen molar-refractivity contribution in [3.63, 3.8) is 0 Å². The van der Waals surface area contributed by atoms with Gasteiger partial charge in [-0.2, -0.15) is 12.6 Å². The average molecular weight is 176 g/mol. The number of rotatable bonds is 6. The summed E-state index contributed by atoms with van der Waals surface area (Å²) in [6, 6.07) is 0. The van der Waals surface area contributed by atoms with Gasteiger partial charge in [-0.15, -0.1) is 0 Å². The first kappa shape index (κ1) is 10.8. The van der Waals surface area contributed by atoms with Gasteiger partial charge in [-0.1, -0.05) is 32.6 Å². The van der Waals surface area contributed by atoms with Gasteiger partial charge >= 0.3 is 5.97 Å². The fraction of sp³-hybridized carbons (Fsp3) is 0.875. The molecule has 0 rings (SSSR count). The van der Waals surface area contributed by atoms with E-state index in [1.165, 1.54) is 12.8 Å². The number of hydrogen-bond acceptors (Lipinski definition) is 2. The molecule has 0 aromatic rings. The summed E-state index contributed by atoms with van der Waals surface area (Å²) in [5, 5.41) is 8.00. The average Bonchev–Trinajstić information content (AvgIpc) is 1.97. The van der Waals surface area contributed by atoms with Crippen LogP contribution in [0.4, 0.5) is 0 Å². The zero-order valence-corrected chi connectivity index (χ0v) is 7.81. The van der Waals surface area contributed by atoms with Gasteiger partial charge in [0, 0.05) is 0 Å². The Morgan fingerprint density at radius 3 is 2.55 bits per heavy atom. The van der Waals surface area contributed by atoms with Crippen molar-refractivity contribution >= 4 is 18.6 Å². The largest absolute Gasteiger partial charge is 0.480 e. The van der Waals surface area contributed by atoms with E-state index < -0.39 is 11.2 Å². The Labute approximate surface area is 73.4 Å². The Morgan fingerprint density at radius 2 is 2.09 bits per heavy atom. The highest BCUT2D eigenvalue weighted by Gasteiger charge is 2.09. The molecule has 0 saturated heterocycles.